The van der Waals surface area contributed by atoms with Crippen LogP contribution in [0.15, 0.2) is 30.3 Å². The maximum atomic E-state index is 2.30. The average Bonchev–Trinajstić information content (AvgIpc) is 2.15. The Labute approximate surface area is 75.0 Å². The third-order valence-electron chi connectivity index (χ3n) is 2.04. The molecule has 0 saturated heterocycles. The number of para-hydroxylation sites is 1. The van der Waals surface area contributed by atoms with Crippen molar-refractivity contribution >= 4 is 5.69 Å². The molecule has 0 fully saturated rings. The molecule has 0 aromatic heterocycles. The Morgan fingerprint density at radius 1 is 1.17 bits per heavy atom. The van der Waals surface area contributed by atoms with Crippen molar-refractivity contribution in [3.63, 3.8) is 0 Å². The Hall–Kier alpha value is -0.980. The van der Waals surface area contributed by atoms with Crippen LogP contribution in [-0.4, -0.2) is 13.6 Å². The van der Waals surface area contributed by atoms with Gasteiger partial charge in [-0.25, -0.2) is 0 Å². The molecule has 0 aliphatic rings. The fraction of sp³-hybridized carbons (Fsp3) is 0.455. The molecule has 1 rings (SSSR count). The minimum Gasteiger partial charge on any atom is -0.375 e. The van der Waals surface area contributed by atoms with Gasteiger partial charge in [0.1, 0.15) is 0 Å². The topological polar surface area (TPSA) is 3.24 Å². The smallest absolute Gasteiger partial charge is 0.0363 e. The molecule has 12 heavy (non-hydrogen) atoms. The van der Waals surface area contributed by atoms with Crippen LogP contribution in [0.3, 0.4) is 0 Å². The van der Waals surface area contributed by atoms with Gasteiger partial charge < -0.3 is 4.90 Å². The Morgan fingerprint density at radius 2 is 1.83 bits per heavy atom. The van der Waals surface area contributed by atoms with Crippen molar-refractivity contribution in [1.82, 2.24) is 0 Å². The second-order valence-electron chi connectivity index (χ2n) is 3.11. The van der Waals surface area contributed by atoms with Crippen LogP contribution in [0, 0.1) is 0 Å². The predicted molar refractivity (Wildman–Crippen MR) is 54.6 cm³/mol. The summed E-state index contributed by atoms with van der Waals surface area (Å²) in [6.07, 6.45) is 2.53. The molecule has 0 saturated carbocycles. The number of benzene rings is 1. The van der Waals surface area contributed by atoms with Gasteiger partial charge in [-0.1, -0.05) is 31.5 Å². The summed E-state index contributed by atoms with van der Waals surface area (Å²) in [4.78, 5) is 2.30. The highest BCUT2D eigenvalue weighted by Gasteiger charge is 1.96. The van der Waals surface area contributed by atoms with E-state index in [-0.39, 0.29) is 0 Å². The van der Waals surface area contributed by atoms with Crippen LogP contribution in [0.25, 0.3) is 0 Å². The number of anilines is 1. The largest absolute Gasteiger partial charge is 0.375 e. The number of hydrogen-bond acceptors (Lipinski definition) is 1. The molecule has 0 amide bonds. The van der Waals surface area contributed by atoms with E-state index in [2.05, 4.69) is 49.2 Å². The molecular weight excluding hydrogens is 146 g/mol. The van der Waals surface area contributed by atoms with Crippen molar-refractivity contribution < 1.29 is 0 Å². The summed E-state index contributed by atoms with van der Waals surface area (Å²) < 4.78 is 0. The van der Waals surface area contributed by atoms with Gasteiger partial charge in [-0.2, -0.15) is 0 Å². The number of unbranched alkanes of at least 4 members (excludes halogenated alkanes) is 1. The van der Waals surface area contributed by atoms with E-state index >= 15 is 0 Å². The molecule has 0 heterocycles. The predicted octanol–water partition coefficient (Wildman–Crippen LogP) is 2.92. The Kier molecular flexibility index (Phi) is 3.65. The molecule has 0 unspecified atom stereocenters. The Bertz CT molecular complexity index is 206. The first-order chi connectivity index (χ1) is 5.84. The minimum atomic E-state index is 1.15. The molecule has 0 bridgehead atoms. The first-order valence-corrected chi connectivity index (χ1v) is 4.60. The average molecular weight is 163 g/mol. The van der Waals surface area contributed by atoms with Crippen molar-refractivity contribution in [3.05, 3.63) is 30.3 Å². The highest BCUT2D eigenvalue weighted by atomic mass is 15.1. The first-order valence-electron chi connectivity index (χ1n) is 4.60. The highest BCUT2D eigenvalue weighted by Crippen LogP contribution is 2.11. The van der Waals surface area contributed by atoms with E-state index in [1.54, 1.807) is 0 Å². The molecule has 1 aromatic carbocycles. The highest BCUT2D eigenvalue weighted by molar-refractivity contribution is 5.44. The molecular formula is C11H17N. The van der Waals surface area contributed by atoms with Crippen LogP contribution in [0.1, 0.15) is 19.8 Å². The zero-order valence-electron chi connectivity index (χ0n) is 7.96. The SMILES string of the molecule is CCCCN(C)c1ccccc1. The molecule has 0 radical (unpaired) electrons. The molecule has 0 aliphatic carbocycles. The normalized spacial score (nSPS) is 9.83. The molecule has 1 aromatic rings. The summed E-state index contributed by atoms with van der Waals surface area (Å²) in [5.41, 5.74) is 1.31. The van der Waals surface area contributed by atoms with Crippen molar-refractivity contribution in [2.45, 2.75) is 19.8 Å². The van der Waals surface area contributed by atoms with Crippen LogP contribution in [0.2, 0.25) is 0 Å². The van der Waals surface area contributed by atoms with Crippen molar-refractivity contribution in [1.29, 1.82) is 0 Å². The van der Waals surface area contributed by atoms with E-state index in [0.29, 0.717) is 0 Å². The van der Waals surface area contributed by atoms with Crippen LogP contribution in [0.4, 0.5) is 5.69 Å². The van der Waals surface area contributed by atoms with Crippen LogP contribution in [-0.2, 0) is 0 Å². The van der Waals surface area contributed by atoms with Gasteiger partial charge in [0.25, 0.3) is 0 Å². The summed E-state index contributed by atoms with van der Waals surface area (Å²) >= 11 is 0. The molecule has 1 heteroatoms. The maximum Gasteiger partial charge on any atom is 0.0363 e. The van der Waals surface area contributed by atoms with Gasteiger partial charge in [-0.3, -0.25) is 0 Å². The zero-order chi connectivity index (χ0) is 8.81. The van der Waals surface area contributed by atoms with Gasteiger partial charge in [-0.15, -0.1) is 0 Å². The zero-order valence-corrected chi connectivity index (χ0v) is 7.96. The van der Waals surface area contributed by atoms with Crippen molar-refractivity contribution in [2.24, 2.45) is 0 Å². The van der Waals surface area contributed by atoms with Gasteiger partial charge in [0.05, 0.1) is 0 Å². The van der Waals surface area contributed by atoms with Crippen molar-refractivity contribution in [3.8, 4) is 0 Å². The van der Waals surface area contributed by atoms with Crippen LogP contribution < -0.4 is 4.90 Å². The molecule has 0 spiro atoms. The van der Waals surface area contributed by atoms with Gasteiger partial charge in [0.15, 0.2) is 0 Å². The number of rotatable bonds is 4. The molecule has 0 N–H and O–H groups in total. The summed E-state index contributed by atoms with van der Waals surface area (Å²) in [5, 5.41) is 0. The van der Waals surface area contributed by atoms with Gasteiger partial charge in [0.2, 0.25) is 0 Å². The molecule has 1 nitrogen and oxygen atoms in total. The third-order valence-corrected chi connectivity index (χ3v) is 2.04. The van der Waals surface area contributed by atoms with Gasteiger partial charge in [0, 0.05) is 19.3 Å². The summed E-state index contributed by atoms with van der Waals surface area (Å²) in [7, 11) is 2.14. The fourth-order valence-electron chi connectivity index (χ4n) is 1.21. The van der Waals surface area contributed by atoms with E-state index in [4.69, 9.17) is 0 Å². The molecule has 0 atom stereocenters. The Balaban J connectivity index is 2.48. The summed E-state index contributed by atoms with van der Waals surface area (Å²) in [5.74, 6) is 0. The van der Waals surface area contributed by atoms with Crippen molar-refractivity contribution in [2.75, 3.05) is 18.5 Å². The van der Waals surface area contributed by atoms with E-state index in [1.807, 2.05) is 0 Å². The number of nitrogens with zero attached hydrogens (tertiary/aromatic N) is 1. The van der Waals surface area contributed by atoms with Crippen LogP contribution >= 0.6 is 0 Å². The quantitative estimate of drug-likeness (QED) is 0.659. The van der Waals surface area contributed by atoms with Crippen LogP contribution in [0.5, 0.6) is 0 Å². The minimum absolute atomic E-state index is 1.15. The second kappa shape index (κ2) is 4.81. The maximum absolute atomic E-state index is 2.30. The number of hydrogen-bond donors (Lipinski definition) is 0. The standard InChI is InChI=1S/C11H17N/c1-3-4-10-12(2)11-8-6-5-7-9-11/h5-9H,3-4,10H2,1-2H3. The summed E-state index contributed by atoms with van der Waals surface area (Å²) in [6, 6.07) is 10.5. The van der Waals surface area contributed by atoms with E-state index in [0.717, 1.165) is 6.54 Å². The lowest BCUT2D eigenvalue weighted by molar-refractivity contribution is 0.767. The first kappa shape index (κ1) is 9.11. The lowest BCUT2D eigenvalue weighted by atomic mass is 10.2. The molecule has 0 aliphatic heterocycles. The Morgan fingerprint density at radius 3 is 2.42 bits per heavy atom. The lowest BCUT2D eigenvalue weighted by Gasteiger charge is -2.18. The van der Waals surface area contributed by atoms with E-state index in [1.165, 1.54) is 18.5 Å². The van der Waals surface area contributed by atoms with Gasteiger partial charge in [-0.05, 0) is 18.6 Å². The van der Waals surface area contributed by atoms with E-state index < -0.39 is 0 Å². The lowest BCUT2D eigenvalue weighted by Crippen LogP contribution is -2.17. The third kappa shape index (κ3) is 2.57. The van der Waals surface area contributed by atoms with E-state index in [9.17, 15) is 0 Å². The second-order valence-corrected chi connectivity index (χ2v) is 3.11. The van der Waals surface area contributed by atoms with Gasteiger partial charge >= 0.3 is 0 Å². The molecule has 66 valence electrons. The summed E-state index contributed by atoms with van der Waals surface area (Å²) in [6.45, 7) is 3.37. The fourth-order valence-corrected chi connectivity index (χ4v) is 1.21. The monoisotopic (exact) mass is 163 g/mol.